The van der Waals surface area contributed by atoms with E-state index in [-0.39, 0.29) is 18.4 Å². The summed E-state index contributed by atoms with van der Waals surface area (Å²) in [6, 6.07) is 7.11. The fourth-order valence-electron chi connectivity index (χ4n) is 2.90. The Hall–Kier alpha value is -2.04. The number of hydrogen-bond acceptors (Lipinski definition) is 3. The first-order valence-corrected chi connectivity index (χ1v) is 8.46. The molecule has 1 aromatic carbocycles. The summed E-state index contributed by atoms with van der Waals surface area (Å²) < 4.78 is 5.38. The summed E-state index contributed by atoms with van der Waals surface area (Å²) in [5, 5.41) is 5.60. The zero-order valence-corrected chi connectivity index (χ0v) is 13.8. The average Bonchev–Trinajstić information content (AvgIpc) is 2.55. The minimum Gasteiger partial charge on any atom is -0.484 e. The zero-order chi connectivity index (χ0) is 16.5. The van der Waals surface area contributed by atoms with Crippen molar-refractivity contribution in [2.75, 3.05) is 18.5 Å². The van der Waals surface area contributed by atoms with E-state index in [4.69, 9.17) is 4.74 Å². The number of hydrogen-bond donors (Lipinski definition) is 2. The molecule has 23 heavy (non-hydrogen) atoms. The Morgan fingerprint density at radius 1 is 1.09 bits per heavy atom. The molecule has 0 saturated heterocycles. The van der Waals surface area contributed by atoms with E-state index < -0.39 is 0 Å². The number of carbonyl (C=O) groups is 2. The van der Waals surface area contributed by atoms with Crippen LogP contribution in [0.1, 0.15) is 45.4 Å². The highest BCUT2D eigenvalue weighted by Crippen LogP contribution is 2.26. The van der Waals surface area contributed by atoms with Gasteiger partial charge in [-0.3, -0.25) is 9.59 Å². The van der Waals surface area contributed by atoms with Crippen LogP contribution in [0.3, 0.4) is 0 Å². The first-order valence-electron chi connectivity index (χ1n) is 8.46. The second kappa shape index (κ2) is 9.18. The Bertz CT molecular complexity index is 508. The molecule has 2 N–H and O–H groups in total. The van der Waals surface area contributed by atoms with Crippen molar-refractivity contribution in [2.24, 2.45) is 5.92 Å². The largest absolute Gasteiger partial charge is 0.484 e. The van der Waals surface area contributed by atoms with E-state index in [9.17, 15) is 9.59 Å². The summed E-state index contributed by atoms with van der Waals surface area (Å²) in [5.41, 5.74) is 0.760. The SMILES string of the molecule is CCNC(=O)COc1ccc(NC(=O)CC2CCCCC2)cc1. The summed E-state index contributed by atoms with van der Waals surface area (Å²) in [5.74, 6) is 1.08. The second-order valence-electron chi connectivity index (χ2n) is 6.02. The lowest BCUT2D eigenvalue weighted by Crippen LogP contribution is -2.28. The molecular formula is C18H26N2O3. The number of anilines is 1. The Labute approximate surface area is 137 Å². The van der Waals surface area contributed by atoms with Gasteiger partial charge in [-0.25, -0.2) is 0 Å². The van der Waals surface area contributed by atoms with Crippen LogP contribution in [0.2, 0.25) is 0 Å². The minimum atomic E-state index is -0.141. The van der Waals surface area contributed by atoms with Gasteiger partial charge >= 0.3 is 0 Å². The lowest BCUT2D eigenvalue weighted by Gasteiger charge is -2.20. The van der Waals surface area contributed by atoms with Gasteiger partial charge in [0, 0.05) is 18.7 Å². The van der Waals surface area contributed by atoms with Gasteiger partial charge in [-0.05, 0) is 49.9 Å². The van der Waals surface area contributed by atoms with Crippen molar-refractivity contribution >= 4 is 17.5 Å². The molecule has 0 heterocycles. The highest BCUT2D eigenvalue weighted by Gasteiger charge is 2.17. The standard InChI is InChI=1S/C18H26N2O3/c1-2-19-18(22)13-23-16-10-8-15(9-11-16)20-17(21)12-14-6-4-3-5-7-14/h8-11,14H,2-7,12-13H2,1H3,(H,19,22)(H,20,21). The van der Waals surface area contributed by atoms with E-state index in [1.54, 1.807) is 24.3 Å². The molecule has 1 aromatic rings. The van der Waals surface area contributed by atoms with Crippen LogP contribution >= 0.6 is 0 Å². The molecule has 5 nitrogen and oxygen atoms in total. The predicted octanol–water partition coefficient (Wildman–Crippen LogP) is 3.11. The molecule has 126 valence electrons. The first kappa shape index (κ1) is 17.3. The molecule has 1 fully saturated rings. The fraction of sp³-hybridized carbons (Fsp3) is 0.556. The van der Waals surface area contributed by atoms with E-state index in [2.05, 4.69) is 10.6 Å². The minimum absolute atomic E-state index is 0.00122. The topological polar surface area (TPSA) is 67.4 Å². The van der Waals surface area contributed by atoms with Crippen molar-refractivity contribution in [2.45, 2.75) is 45.4 Å². The number of carbonyl (C=O) groups excluding carboxylic acids is 2. The van der Waals surface area contributed by atoms with E-state index in [0.717, 1.165) is 5.69 Å². The molecule has 1 aliphatic carbocycles. The molecule has 0 aromatic heterocycles. The maximum absolute atomic E-state index is 12.1. The van der Waals surface area contributed by atoms with Gasteiger partial charge in [0.2, 0.25) is 5.91 Å². The van der Waals surface area contributed by atoms with Gasteiger partial charge < -0.3 is 15.4 Å². The van der Waals surface area contributed by atoms with Gasteiger partial charge in [0.15, 0.2) is 6.61 Å². The van der Waals surface area contributed by atoms with Gasteiger partial charge in [0.05, 0.1) is 0 Å². The van der Waals surface area contributed by atoms with Crippen LogP contribution in [0.4, 0.5) is 5.69 Å². The maximum atomic E-state index is 12.1. The Morgan fingerprint density at radius 3 is 2.43 bits per heavy atom. The molecule has 0 spiro atoms. The summed E-state index contributed by atoms with van der Waals surface area (Å²) in [6.07, 6.45) is 6.73. The summed E-state index contributed by atoms with van der Waals surface area (Å²) in [4.78, 5) is 23.4. The van der Waals surface area contributed by atoms with Crippen molar-refractivity contribution in [3.05, 3.63) is 24.3 Å². The highest BCUT2D eigenvalue weighted by atomic mass is 16.5. The van der Waals surface area contributed by atoms with Gasteiger partial charge in [-0.1, -0.05) is 19.3 Å². The van der Waals surface area contributed by atoms with Crippen LogP contribution in [0.15, 0.2) is 24.3 Å². The molecule has 1 saturated carbocycles. The summed E-state index contributed by atoms with van der Waals surface area (Å²) in [7, 11) is 0. The van der Waals surface area contributed by atoms with E-state index in [0.29, 0.717) is 24.6 Å². The van der Waals surface area contributed by atoms with Crippen molar-refractivity contribution in [1.29, 1.82) is 0 Å². The molecular weight excluding hydrogens is 292 g/mol. The van der Waals surface area contributed by atoms with Crippen LogP contribution in [0.5, 0.6) is 5.75 Å². The van der Waals surface area contributed by atoms with Gasteiger partial charge in [0.25, 0.3) is 5.91 Å². The molecule has 1 aliphatic rings. The maximum Gasteiger partial charge on any atom is 0.257 e. The molecule has 0 bridgehead atoms. The second-order valence-corrected chi connectivity index (χ2v) is 6.02. The van der Waals surface area contributed by atoms with Crippen molar-refractivity contribution in [1.82, 2.24) is 5.32 Å². The zero-order valence-electron chi connectivity index (χ0n) is 13.8. The van der Waals surface area contributed by atoms with Crippen LogP contribution in [-0.2, 0) is 9.59 Å². The van der Waals surface area contributed by atoms with E-state index in [1.807, 2.05) is 6.92 Å². The lowest BCUT2D eigenvalue weighted by atomic mass is 9.87. The monoisotopic (exact) mass is 318 g/mol. The lowest BCUT2D eigenvalue weighted by molar-refractivity contribution is -0.123. The quantitative estimate of drug-likeness (QED) is 0.812. The van der Waals surface area contributed by atoms with Gasteiger partial charge in [-0.2, -0.15) is 0 Å². The van der Waals surface area contributed by atoms with Gasteiger partial charge in [-0.15, -0.1) is 0 Å². The van der Waals surface area contributed by atoms with Crippen LogP contribution < -0.4 is 15.4 Å². The third kappa shape index (κ3) is 6.30. The van der Waals surface area contributed by atoms with Crippen LogP contribution in [0.25, 0.3) is 0 Å². The van der Waals surface area contributed by atoms with E-state index in [1.165, 1.54) is 32.1 Å². The fourth-order valence-corrected chi connectivity index (χ4v) is 2.90. The number of likely N-dealkylation sites (N-methyl/N-ethyl adjacent to an activating group) is 1. The highest BCUT2D eigenvalue weighted by molar-refractivity contribution is 5.90. The molecule has 0 unspecified atom stereocenters. The van der Waals surface area contributed by atoms with Crippen LogP contribution in [-0.4, -0.2) is 25.0 Å². The van der Waals surface area contributed by atoms with Crippen LogP contribution in [0, 0.1) is 5.92 Å². The summed E-state index contributed by atoms with van der Waals surface area (Å²) >= 11 is 0. The van der Waals surface area contributed by atoms with Gasteiger partial charge in [0.1, 0.15) is 5.75 Å². The molecule has 5 heteroatoms. The number of ether oxygens (including phenoxy) is 1. The smallest absolute Gasteiger partial charge is 0.257 e. The van der Waals surface area contributed by atoms with Crippen molar-refractivity contribution in [3.8, 4) is 5.75 Å². The normalized spacial score (nSPS) is 15.0. The Morgan fingerprint density at radius 2 is 1.78 bits per heavy atom. The molecule has 0 atom stereocenters. The first-order chi connectivity index (χ1) is 11.2. The van der Waals surface area contributed by atoms with Crippen molar-refractivity contribution in [3.63, 3.8) is 0 Å². The summed E-state index contributed by atoms with van der Waals surface area (Å²) in [6.45, 7) is 2.46. The average molecular weight is 318 g/mol. The predicted molar refractivity (Wildman–Crippen MR) is 90.4 cm³/mol. The molecule has 2 amide bonds. The third-order valence-corrected chi connectivity index (χ3v) is 4.08. The Kier molecular flexibility index (Phi) is 6.91. The third-order valence-electron chi connectivity index (χ3n) is 4.08. The Balaban J connectivity index is 1.75. The number of amides is 2. The number of rotatable bonds is 7. The molecule has 2 rings (SSSR count). The number of benzene rings is 1. The van der Waals surface area contributed by atoms with Crippen molar-refractivity contribution < 1.29 is 14.3 Å². The number of nitrogens with one attached hydrogen (secondary N) is 2. The molecule has 0 radical (unpaired) electrons. The molecule has 0 aliphatic heterocycles. The van der Waals surface area contributed by atoms with E-state index >= 15 is 0 Å².